The van der Waals surface area contributed by atoms with Gasteiger partial charge in [0.05, 0.1) is 0 Å². The van der Waals surface area contributed by atoms with E-state index in [0.717, 1.165) is 18.1 Å². The summed E-state index contributed by atoms with van der Waals surface area (Å²) in [6.45, 7) is 12.7. The van der Waals surface area contributed by atoms with Crippen molar-refractivity contribution in [2.75, 3.05) is 19.6 Å². The molecule has 128 valence electrons. The third-order valence-corrected chi connectivity index (χ3v) is 5.02. The first-order valence-electron chi connectivity index (χ1n) is 9.19. The maximum absolute atomic E-state index is 6.15. The van der Waals surface area contributed by atoms with Gasteiger partial charge < -0.3 is 15.0 Å². The fourth-order valence-electron chi connectivity index (χ4n) is 4.03. The molecule has 1 aromatic rings. The number of ether oxygens (including phenoxy) is 1. The summed E-state index contributed by atoms with van der Waals surface area (Å²) in [5.41, 5.74) is 1.24. The number of nitrogens with zero attached hydrogens (tertiary/aromatic N) is 1. The molecule has 0 aliphatic carbocycles. The third-order valence-electron chi connectivity index (χ3n) is 5.02. The molecule has 23 heavy (non-hydrogen) atoms. The molecule has 0 radical (unpaired) electrons. The Kier molecular flexibility index (Phi) is 4.98. The van der Waals surface area contributed by atoms with Crippen LogP contribution in [-0.4, -0.2) is 36.2 Å². The van der Waals surface area contributed by atoms with Gasteiger partial charge in [0.15, 0.2) is 0 Å². The molecule has 2 aliphatic rings. The van der Waals surface area contributed by atoms with Crippen LogP contribution in [0.1, 0.15) is 58.6 Å². The van der Waals surface area contributed by atoms with Crippen LogP contribution >= 0.6 is 0 Å². The molecule has 0 bridgehead atoms. The van der Waals surface area contributed by atoms with Gasteiger partial charge >= 0.3 is 0 Å². The molecule has 0 spiro atoms. The lowest BCUT2D eigenvalue weighted by molar-refractivity contribution is 0.0602. The maximum atomic E-state index is 6.15. The molecule has 1 unspecified atom stereocenters. The second kappa shape index (κ2) is 6.82. The summed E-state index contributed by atoms with van der Waals surface area (Å²) < 4.78 is 6.15. The van der Waals surface area contributed by atoms with Crippen molar-refractivity contribution in [3.8, 4) is 5.75 Å². The van der Waals surface area contributed by atoms with Crippen molar-refractivity contribution in [1.29, 1.82) is 0 Å². The number of fused-ring (bicyclic) bond motifs is 1. The Morgan fingerprint density at radius 3 is 2.61 bits per heavy atom. The summed E-state index contributed by atoms with van der Waals surface area (Å²) in [6, 6.07) is 9.57. The molecule has 2 heterocycles. The van der Waals surface area contributed by atoms with E-state index in [9.17, 15) is 0 Å². The summed E-state index contributed by atoms with van der Waals surface area (Å²) >= 11 is 0. The van der Waals surface area contributed by atoms with Crippen LogP contribution in [-0.2, 0) is 0 Å². The Morgan fingerprint density at radius 2 is 1.91 bits per heavy atom. The predicted octanol–water partition coefficient (Wildman–Crippen LogP) is 4.00. The zero-order chi connectivity index (χ0) is 16.4. The molecule has 1 saturated heterocycles. The lowest BCUT2D eigenvalue weighted by Gasteiger charge is -2.41. The third kappa shape index (κ3) is 4.27. The second-order valence-electron chi connectivity index (χ2n) is 8.29. The molecule has 2 aliphatic heterocycles. The van der Waals surface area contributed by atoms with Gasteiger partial charge in [0.2, 0.25) is 0 Å². The molecule has 1 fully saturated rings. The Morgan fingerprint density at radius 1 is 1.22 bits per heavy atom. The minimum atomic E-state index is -0.0929. The van der Waals surface area contributed by atoms with E-state index in [4.69, 9.17) is 4.74 Å². The lowest BCUT2D eigenvalue weighted by atomic mass is 9.88. The molecule has 1 aromatic carbocycles. The Hall–Kier alpha value is -1.06. The van der Waals surface area contributed by atoms with Gasteiger partial charge in [0, 0.05) is 30.6 Å². The number of likely N-dealkylation sites (tertiary alicyclic amines) is 1. The van der Waals surface area contributed by atoms with Gasteiger partial charge in [-0.15, -0.1) is 0 Å². The molecule has 3 nitrogen and oxygen atoms in total. The standard InChI is InChI=1S/C20H32N2O/c1-15(2)14-22-11-9-16(10-12-22)21-18-13-20(3,4)23-19-8-6-5-7-17(18)19/h5-8,15-16,18,21H,9-14H2,1-4H3. The topological polar surface area (TPSA) is 24.5 Å². The zero-order valence-corrected chi connectivity index (χ0v) is 15.1. The summed E-state index contributed by atoms with van der Waals surface area (Å²) in [7, 11) is 0. The highest BCUT2D eigenvalue weighted by Crippen LogP contribution is 2.39. The first-order valence-corrected chi connectivity index (χ1v) is 9.19. The Balaban J connectivity index is 1.62. The summed E-state index contributed by atoms with van der Waals surface area (Å²) in [4.78, 5) is 2.62. The molecule has 3 rings (SSSR count). The molecule has 0 amide bonds. The average Bonchev–Trinajstić information content (AvgIpc) is 2.47. The summed E-state index contributed by atoms with van der Waals surface area (Å²) in [5, 5.41) is 3.94. The van der Waals surface area contributed by atoms with Crippen LogP contribution in [0.25, 0.3) is 0 Å². The number of para-hydroxylation sites is 1. The fourth-order valence-corrected chi connectivity index (χ4v) is 4.03. The molecule has 3 heteroatoms. The van der Waals surface area contributed by atoms with Crippen LogP contribution in [0.5, 0.6) is 5.75 Å². The van der Waals surface area contributed by atoms with Crippen LogP contribution in [0.15, 0.2) is 24.3 Å². The highest BCUT2D eigenvalue weighted by Gasteiger charge is 2.34. The second-order valence-corrected chi connectivity index (χ2v) is 8.29. The van der Waals surface area contributed by atoms with Crippen molar-refractivity contribution in [3.63, 3.8) is 0 Å². The smallest absolute Gasteiger partial charge is 0.124 e. The van der Waals surface area contributed by atoms with Crippen molar-refractivity contribution in [1.82, 2.24) is 10.2 Å². The summed E-state index contributed by atoms with van der Waals surface area (Å²) in [5.74, 6) is 1.82. The van der Waals surface area contributed by atoms with Gasteiger partial charge in [-0.05, 0) is 51.8 Å². The van der Waals surface area contributed by atoms with Crippen LogP contribution in [0.3, 0.4) is 0 Å². The van der Waals surface area contributed by atoms with Gasteiger partial charge in [-0.25, -0.2) is 0 Å². The number of hydrogen-bond donors (Lipinski definition) is 1. The Bertz CT molecular complexity index is 518. The first kappa shape index (κ1) is 16.8. The molecule has 0 saturated carbocycles. The quantitative estimate of drug-likeness (QED) is 0.908. The normalized spacial score (nSPS) is 25.2. The zero-order valence-electron chi connectivity index (χ0n) is 15.1. The molecule has 1 N–H and O–H groups in total. The monoisotopic (exact) mass is 316 g/mol. The van der Waals surface area contributed by atoms with Crippen LogP contribution in [0.4, 0.5) is 0 Å². The van der Waals surface area contributed by atoms with E-state index in [0.29, 0.717) is 12.1 Å². The van der Waals surface area contributed by atoms with Crippen LogP contribution < -0.4 is 10.1 Å². The molecular formula is C20H32N2O. The van der Waals surface area contributed by atoms with E-state index in [1.54, 1.807) is 0 Å². The van der Waals surface area contributed by atoms with Crippen molar-refractivity contribution in [2.24, 2.45) is 5.92 Å². The van der Waals surface area contributed by atoms with E-state index in [1.165, 1.54) is 38.0 Å². The van der Waals surface area contributed by atoms with E-state index >= 15 is 0 Å². The van der Waals surface area contributed by atoms with E-state index in [-0.39, 0.29) is 5.60 Å². The van der Waals surface area contributed by atoms with Crippen LogP contribution in [0, 0.1) is 5.92 Å². The van der Waals surface area contributed by atoms with E-state index in [1.807, 2.05) is 0 Å². The van der Waals surface area contributed by atoms with Gasteiger partial charge in [0.1, 0.15) is 11.4 Å². The van der Waals surface area contributed by atoms with E-state index in [2.05, 4.69) is 62.2 Å². The lowest BCUT2D eigenvalue weighted by Crippen LogP contribution is -2.47. The number of nitrogens with one attached hydrogen (secondary N) is 1. The fraction of sp³-hybridized carbons (Fsp3) is 0.700. The SMILES string of the molecule is CC(C)CN1CCC(NC2CC(C)(C)Oc3ccccc32)CC1. The molecule has 1 atom stereocenters. The van der Waals surface area contributed by atoms with Crippen LogP contribution in [0.2, 0.25) is 0 Å². The largest absolute Gasteiger partial charge is 0.487 e. The molecule has 0 aromatic heterocycles. The van der Waals surface area contributed by atoms with Gasteiger partial charge in [-0.1, -0.05) is 32.0 Å². The summed E-state index contributed by atoms with van der Waals surface area (Å²) in [6.07, 6.45) is 3.55. The average molecular weight is 316 g/mol. The molecular weight excluding hydrogens is 284 g/mol. The van der Waals surface area contributed by atoms with Gasteiger partial charge in [-0.3, -0.25) is 0 Å². The van der Waals surface area contributed by atoms with Gasteiger partial charge in [-0.2, -0.15) is 0 Å². The Labute approximate surface area is 141 Å². The minimum Gasteiger partial charge on any atom is -0.487 e. The number of rotatable bonds is 4. The minimum absolute atomic E-state index is 0.0929. The number of piperidine rings is 1. The number of benzene rings is 1. The highest BCUT2D eigenvalue weighted by molar-refractivity contribution is 5.38. The van der Waals surface area contributed by atoms with Crippen molar-refractivity contribution >= 4 is 0 Å². The van der Waals surface area contributed by atoms with Crippen molar-refractivity contribution < 1.29 is 4.74 Å². The first-order chi connectivity index (χ1) is 10.9. The maximum Gasteiger partial charge on any atom is 0.124 e. The van der Waals surface area contributed by atoms with Crippen molar-refractivity contribution in [2.45, 2.75) is 64.6 Å². The van der Waals surface area contributed by atoms with E-state index < -0.39 is 0 Å². The van der Waals surface area contributed by atoms with Crippen molar-refractivity contribution in [3.05, 3.63) is 29.8 Å². The predicted molar refractivity (Wildman–Crippen MR) is 95.9 cm³/mol. The van der Waals surface area contributed by atoms with Gasteiger partial charge in [0.25, 0.3) is 0 Å². The number of hydrogen-bond acceptors (Lipinski definition) is 3. The highest BCUT2D eigenvalue weighted by atomic mass is 16.5.